The Morgan fingerprint density at radius 3 is 2.35 bits per heavy atom. The van der Waals surface area contributed by atoms with Crippen molar-refractivity contribution in [3.63, 3.8) is 0 Å². The molecule has 0 aliphatic rings. The van der Waals surface area contributed by atoms with Gasteiger partial charge in [0.15, 0.2) is 11.5 Å². The van der Waals surface area contributed by atoms with Gasteiger partial charge in [0.2, 0.25) is 0 Å². The van der Waals surface area contributed by atoms with Crippen LogP contribution in [0.2, 0.25) is 0 Å². The maximum atomic E-state index is 12.1. The van der Waals surface area contributed by atoms with E-state index in [1.54, 1.807) is 39.3 Å². The lowest BCUT2D eigenvalue weighted by molar-refractivity contribution is 0.0468. The highest BCUT2D eigenvalue weighted by Crippen LogP contribution is 2.31. The molecule has 2 aromatic carbocycles. The van der Waals surface area contributed by atoms with Crippen molar-refractivity contribution in [3.05, 3.63) is 52.6 Å². The van der Waals surface area contributed by atoms with Crippen molar-refractivity contribution < 1.29 is 24.1 Å². The van der Waals surface area contributed by atoms with Gasteiger partial charge in [-0.25, -0.2) is 4.79 Å². The normalized spacial score (nSPS) is 10.3. The third-order valence-electron chi connectivity index (χ3n) is 3.66. The van der Waals surface area contributed by atoms with Crippen LogP contribution in [0.15, 0.2) is 30.3 Å². The predicted molar refractivity (Wildman–Crippen MR) is 86.2 cm³/mol. The molecule has 0 unspecified atom stereocenters. The molecule has 23 heavy (non-hydrogen) atoms. The number of methoxy groups -OCH3 is 2. The first-order chi connectivity index (χ1) is 11.0. The number of phenols is 1. The topological polar surface area (TPSA) is 65.0 Å². The molecular formula is C18H20O5. The smallest absolute Gasteiger partial charge is 0.342 e. The van der Waals surface area contributed by atoms with Crippen LogP contribution in [0, 0.1) is 13.8 Å². The SMILES string of the molecule is COc1cc(C)c(COC(=O)c2cccc(C)c2O)cc1OC. The van der Waals surface area contributed by atoms with Crippen LogP contribution >= 0.6 is 0 Å². The Hall–Kier alpha value is -2.69. The number of aryl methyl sites for hydroxylation is 2. The van der Waals surface area contributed by atoms with Gasteiger partial charge in [-0.15, -0.1) is 0 Å². The molecular weight excluding hydrogens is 296 g/mol. The lowest BCUT2D eigenvalue weighted by Crippen LogP contribution is -2.07. The fourth-order valence-electron chi connectivity index (χ4n) is 2.22. The minimum Gasteiger partial charge on any atom is -0.507 e. The minimum absolute atomic E-state index is 0.0541. The molecule has 0 aliphatic carbocycles. The Balaban J connectivity index is 2.17. The molecule has 0 saturated carbocycles. The molecule has 0 saturated heterocycles. The quantitative estimate of drug-likeness (QED) is 0.857. The van der Waals surface area contributed by atoms with Crippen LogP contribution in [0.1, 0.15) is 27.0 Å². The summed E-state index contributed by atoms with van der Waals surface area (Å²) in [5.41, 5.74) is 2.51. The zero-order valence-electron chi connectivity index (χ0n) is 13.7. The first-order valence-corrected chi connectivity index (χ1v) is 7.15. The van der Waals surface area contributed by atoms with Gasteiger partial charge in [0.05, 0.1) is 14.2 Å². The lowest BCUT2D eigenvalue weighted by Gasteiger charge is -2.13. The van der Waals surface area contributed by atoms with Crippen LogP contribution in [0.5, 0.6) is 17.2 Å². The first kappa shape index (κ1) is 16.7. The summed E-state index contributed by atoms with van der Waals surface area (Å²) in [7, 11) is 3.12. The molecule has 0 atom stereocenters. The van der Waals surface area contributed by atoms with Gasteiger partial charge >= 0.3 is 5.97 Å². The number of rotatable bonds is 5. The average Bonchev–Trinajstić information content (AvgIpc) is 2.55. The molecule has 0 aliphatic heterocycles. The van der Waals surface area contributed by atoms with Gasteiger partial charge in [-0.05, 0) is 48.7 Å². The van der Waals surface area contributed by atoms with E-state index in [1.807, 2.05) is 13.0 Å². The van der Waals surface area contributed by atoms with E-state index in [1.165, 1.54) is 6.07 Å². The molecule has 0 amide bonds. The summed E-state index contributed by atoms with van der Waals surface area (Å²) >= 11 is 0. The molecule has 0 heterocycles. The third-order valence-corrected chi connectivity index (χ3v) is 3.66. The van der Waals surface area contributed by atoms with Crippen molar-refractivity contribution in [2.75, 3.05) is 14.2 Å². The van der Waals surface area contributed by atoms with Crippen molar-refractivity contribution in [1.29, 1.82) is 0 Å². The third kappa shape index (κ3) is 3.56. The van der Waals surface area contributed by atoms with Crippen LogP contribution in [0.3, 0.4) is 0 Å². The first-order valence-electron chi connectivity index (χ1n) is 7.15. The molecule has 2 rings (SSSR count). The summed E-state index contributed by atoms with van der Waals surface area (Å²) in [5, 5.41) is 9.93. The van der Waals surface area contributed by atoms with E-state index in [9.17, 15) is 9.90 Å². The maximum absolute atomic E-state index is 12.1. The van der Waals surface area contributed by atoms with Crippen LogP contribution in [0.4, 0.5) is 0 Å². The Bertz CT molecular complexity index is 722. The second-order valence-electron chi connectivity index (χ2n) is 5.18. The predicted octanol–water partition coefficient (Wildman–Crippen LogP) is 3.38. The van der Waals surface area contributed by atoms with Crippen LogP contribution < -0.4 is 9.47 Å². The van der Waals surface area contributed by atoms with Gasteiger partial charge in [0.25, 0.3) is 0 Å². The van der Waals surface area contributed by atoms with Crippen molar-refractivity contribution in [3.8, 4) is 17.2 Å². The van der Waals surface area contributed by atoms with Crippen molar-refractivity contribution in [2.24, 2.45) is 0 Å². The highest BCUT2D eigenvalue weighted by molar-refractivity contribution is 5.92. The molecule has 0 radical (unpaired) electrons. The Kier molecular flexibility index (Phi) is 5.11. The highest BCUT2D eigenvalue weighted by Gasteiger charge is 2.15. The molecule has 0 aromatic heterocycles. The van der Waals surface area contributed by atoms with Crippen LogP contribution in [-0.4, -0.2) is 25.3 Å². The second kappa shape index (κ2) is 7.05. The van der Waals surface area contributed by atoms with Crippen molar-refractivity contribution >= 4 is 5.97 Å². The van der Waals surface area contributed by atoms with E-state index >= 15 is 0 Å². The highest BCUT2D eigenvalue weighted by atomic mass is 16.5. The number of carbonyl (C=O) groups excluding carboxylic acids is 1. The van der Waals surface area contributed by atoms with Gasteiger partial charge in [-0.1, -0.05) is 12.1 Å². The molecule has 1 N–H and O–H groups in total. The minimum atomic E-state index is -0.569. The maximum Gasteiger partial charge on any atom is 0.342 e. The average molecular weight is 316 g/mol. The van der Waals surface area contributed by atoms with E-state index in [-0.39, 0.29) is 17.9 Å². The summed E-state index contributed by atoms with van der Waals surface area (Å²) in [6, 6.07) is 8.56. The Morgan fingerprint density at radius 1 is 1.04 bits per heavy atom. The van der Waals surface area contributed by atoms with Crippen LogP contribution in [-0.2, 0) is 11.3 Å². The molecule has 0 spiro atoms. The van der Waals surface area contributed by atoms with Crippen molar-refractivity contribution in [2.45, 2.75) is 20.5 Å². The molecule has 5 nitrogen and oxygen atoms in total. The standard InChI is InChI=1S/C18H20O5/c1-11-6-5-7-14(17(11)19)18(20)23-10-13-9-16(22-4)15(21-3)8-12(13)2/h5-9,19H,10H2,1-4H3. The van der Waals surface area contributed by atoms with Crippen molar-refractivity contribution in [1.82, 2.24) is 0 Å². The van der Waals surface area contributed by atoms with E-state index in [0.29, 0.717) is 17.1 Å². The van der Waals surface area contributed by atoms with E-state index in [4.69, 9.17) is 14.2 Å². The zero-order valence-corrected chi connectivity index (χ0v) is 13.7. The molecule has 0 fully saturated rings. The molecule has 5 heteroatoms. The number of hydrogen-bond acceptors (Lipinski definition) is 5. The van der Waals surface area contributed by atoms with Gasteiger partial charge in [0, 0.05) is 0 Å². The monoisotopic (exact) mass is 316 g/mol. The Labute approximate surface area is 135 Å². The number of phenolic OH excluding ortho intramolecular Hbond substituents is 1. The zero-order chi connectivity index (χ0) is 17.0. The second-order valence-corrected chi connectivity index (χ2v) is 5.18. The number of hydrogen-bond donors (Lipinski definition) is 1. The lowest BCUT2D eigenvalue weighted by atomic mass is 10.1. The van der Waals surface area contributed by atoms with E-state index in [0.717, 1.165) is 11.1 Å². The van der Waals surface area contributed by atoms with E-state index in [2.05, 4.69) is 0 Å². The summed E-state index contributed by atoms with van der Waals surface area (Å²) < 4.78 is 15.8. The van der Waals surface area contributed by atoms with Gasteiger partial charge < -0.3 is 19.3 Å². The van der Waals surface area contributed by atoms with E-state index < -0.39 is 5.97 Å². The van der Waals surface area contributed by atoms with Crippen LogP contribution in [0.25, 0.3) is 0 Å². The fourth-order valence-corrected chi connectivity index (χ4v) is 2.22. The number of aromatic hydroxyl groups is 1. The Morgan fingerprint density at radius 2 is 1.70 bits per heavy atom. The number of para-hydroxylation sites is 1. The summed E-state index contributed by atoms with van der Waals surface area (Å²) in [6.07, 6.45) is 0. The number of ether oxygens (including phenoxy) is 3. The largest absolute Gasteiger partial charge is 0.507 e. The van der Waals surface area contributed by atoms with Gasteiger partial charge in [0.1, 0.15) is 17.9 Å². The summed E-state index contributed by atoms with van der Waals surface area (Å²) in [4.78, 5) is 12.1. The summed E-state index contributed by atoms with van der Waals surface area (Å²) in [5.74, 6) is 0.570. The fraction of sp³-hybridized carbons (Fsp3) is 0.278. The van der Waals surface area contributed by atoms with Gasteiger partial charge in [-0.2, -0.15) is 0 Å². The summed E-state index contributed by atoms with van der Waals surface area (Å²) in [6.45, 7) is 3.71. The molecule has 0 bridgehead atoms. The molecule has 122 valence electrons. The van der Waals surface area contributed by atoms with Gasteiger partial charge in [-0.3, -0.25) is 0 Å². The number of esters is 1. The molecule has 2 aromatic rings. The number of carbonyl (C=O) groups is 1. The number of benzene rings is 2.